The van der Waals surface area contributed by atoms with E-state index in [1.807, 2.05) is 18.2 Å². The molecule has 1 aromatic heterocycles. The molecule has 160 valence electrons. The summed E-state index contributed by atoms with van der Waals surface area (Å²) in [4.78, 5) is 17.1. The molecule has 0 spiro atoms. The van der Waals surface area contributed by atoms with Crippen LogP contribution in [0.25, 0.3) is 11.1 Å². The van der Waals surface area contributed by atoms with Gasteiger partial charge in [-0.3, -0.25) is 9.78 Å². The summed E-state index contributed by atoms with van der Waals surface area (Å²) < 4.78 is 5.57. The molecular formula is C24H30ClN3O2. The van der Waals surface area contributed by atoms with E-state index >= 15 is 0 Å². The summed E-state index contributed by atoms with van der Waals surface area (Å²) in [5.41, 5.74) is 3.79. The maximum atomic E-state index is 12.7. The van der Waals surface area contributed by atoms with Crippen molar-refractivity contribution in [1.82, 2.24) is 10.3 Å². The number of Topliss-reactive ketones (excluding diaryl/α,β-unsaturated/α-hetero) is 1. The van der Waals surface area contributed by atoms with Gasteiger partial charge in [0.05, 0.1) is 11.6 Å². The Morgan fingerprint density at radius 2 is 2.20 bits per heavy atom. The van der Waals surface area contributed by atoms with Gasteiger partial charge in [0.25, 0.3) is 0 Å². The van der Waals surface area contributed by atoms with Crippen LogP contribution in [0.15, 0.2) is 36.5 Å². The second-order valence-corrected chi connectivity index (χ2v) is 8.79. The zero-order valence-corrected chi connectivity index (χ0v) is 18.1. The molecule has 1 aromatic carbocycles. The van der Waals surface area contributed by atoms with E-state index in [0.29, 0.717) is 17.4 Å². The second-order valence-electron chi connectivity index (χ2n) is 8.39. The lowest BCUT2D eigenvalue weighted by Gasteiger charge is -2.23. The van der Waals surface area contributed by atoms with Crippen LogP contribution in [0, 0.1) is 11.8 Å². The van der Waals surface area contributed by atoms with Crippen molar-refractivity contribution in [2.75, 3.05) is 38.2 Å². The predicted molar refractivity (Wildman–Crippen MR) is 121 cm³/mol. The molecule has 1 unspecified atom stereocenters. The molecule has 5 nitrogen and oxygen atoms in total. The molecule has 0 saturated carbocycles. The summed E-state index contributed by atoms with van der Waals surface area (Å²) in [6.45, 7) is 4.40. The Kier molecular flexibility index (Phi) is 7.37. The first kappa shape index (κ1) is 21.3. The number of aromatic nitrogens is 1. The van der Waals surface area contributed by atoms with Crippen LogP contribution in [-0.4, -0.2) is 43.6 Å². The van der Waals surface area contributed by atoms with E-state index in [1.54, 1.807) is 6.20 Å². The number of halogens is 1. The Labute approximate surface area is 183 Å². The maximum Gasteiger partial charge on any atom is 0.143 e. The Morgan fingerprint density at radius 3 is 3.00 bits per heavy atom. The standard InChI is InChI=1S/C24H30ClN3O2/c25-23-15-28-21(12-24(29)19-6-2-8-26-14-19)11-22(23)18-5-1-7-20(10-18)27-13-17-4-3-9-30-16-17/h1,5,7,10-11,15,17,19,26-27H,2-4,6,8-9,12-14,16H2/t17?,19-/m0/s1. The topological polar surface area (TPSA) is 63.2 Å². The fourth-order valence-corrected chi connectivity index (χ4v) is 4.49. The minimum absolute atomic E-state index is 0.0935. The van der Waals surface area contributed by atoms with Gasteiger partial charge in [0.1, 0.15) is 5.78 Å². The predicted octanol–water partition coefficient (Wildman–Crippen LogP) is 4.35. The molecule has 2 aromatic rings. The molecule has 0 radical (unpaired) electrons. The number of benzene rings is 1. The third-order valence-corrected chi connectivity index (χ3v) is 6.34. The van der Waals surface area contributed by atoms with Crippen molar-refractivity contribution in [2.45, 2.75) is 32.1 Å². The van der Waals surface area contributed by atoms with E-state index in [4.69, 9.17) is 16.3 Å². The average Bonchev–Trinajstić information content (AvgIpc) is 2.80. The number of pyridine rings is 1. The summed E-state index contributed by atoms with van der Waals surface area (Å²) in [7, 11) is 0. The molecule has 3 heterocycles. The highest BCUT2D eigenvalue weighted by atomic mass is 35.5. The molecule has 6 heteroatoms. The number of ether oxygens (including phenoxy) is 1. The van der Waals surface area contributed by atoms with Gasteiger partial charge >= 0.3 is 0 Å². The van der Waals surface area contributed by atoms with Crippen molar-refractivity contribution in [3.05, 3.63) is 47.2 Å². The van der Waals surface area contributed by atoms with E-state index in [-0.39, 0.29) is 11.7 Å². The molecule has 2 N–H and O–H groups in total. The van der Waals surface area contributed by atoms with Crippen LogP contribution in [0.4, 0.5) is 5.69 Å². The van der Waals surface area contributed by atoms with Gasteiger partial charge < -0.3 is 15.4 Å². The minimum atomic E-state index is 0.0935. The highest BCUT2D eigenvalue weighted by Gasteiger charge is 2.21. The van der Waals surface area contributed by atoms with Gasteiger partial charge in [-0.05, 0) is 61.9 Å². The summed E-state index contributed by atoms with van der Waals surface area (Å²) in [6, 6.07) is 10.2. The van der Waals surface area contributed by atoms with Crippen molar-refractivity contribution < 1.29 is 9.53 Å². The summed E-state index contributed by atoms with van der Waals surface area (Å²) in [6.07, 6.45) is 6.39. The number of rotatable bonds is 7. The zero-order valence-electron chi connectivity index (χ0n) is 17.3. The Morgan fingerprint density at radius 1 is 1.27 bits per heavy atom. The van der Waals surface area contributed by atoms with E-state index in [0.717, 1.165) is 74.6 Å². The first-order chi connectivity index (χ1) is 14.7. The van der Waals surface area contributed by atoms with E-state index in [2.05, 4.69) is 27.8 Å². The molecule has 2 aliphatic heterocycles. The Balaban J connectivity index is 1.45. The Hall–Kier alpha value is -1.95. The molecule has 2 atom stereocenters. The van der Waals surface area contributed by atoms with Crippen LogP contribution in [-0.2, 0) is 16.0 Å². The van der Waals surface area contributed by atoms with Crippen LogP contribution < -0.4 is 10.6 Å². The van der Waals surface area contributed by atoms with Crippen molar-refractivity contribution in [1.29, 1.82) is 0 Å². The molecule has 2 aliphatic rings. The minimum Gasteiger partial charge on any atom is -0.385 e. The highest BCUT2D eigenvalue weighted by Crippen LogP contribution is 2.30. The van der Waals surface area contributed by atoms with Crippen LogP contribution in [0.5, 0.6) is 0 Å². The van der Waals surface area contributed by atoms with Gasteiger partial charge in [-0.1, -0.05) is 23.7 Å². The summed E-state index contributed by atoms with van der Waals surface area (Å²) in [5.74, 6) is 0.905. The molecule has 4 rings (SSSR count). The average molecular weight is 428 g/mol. The highest BCUT2D eigenvalue weighted by molar-refractivity contribution is 6.33. The molecule has 0 amide bonds. The van der Waals surface area contributed by atoms with Crippen LogP contribution in [0.2, 0.25) is 5.02 Å². The van der Waals surface area contributed by atoms with Crippen molar-refractivity contribution in [2.24, 2.45) is 11.8 Å². The van der Waals surface area contributed by atoms with Crippen LogP contribution >= 0.6 is 11.6 Å². The quantitative estimate of drug-likeness (QED) is 0.687. The number of hydrogen-bond donors (Lipinski definition) is 2. The third-order valence-electron chi connectivity index (χ3n) is 6.04. The third kappa shape index (κ3) is 5.60. The largest absolute Gasteiger partial charge is 0.385 e. The first-order valence-electron chi connectivity index (χ1n) is 11.0. The second kappa shape index (κ2) is 10.4. The van der Waals surface area contributed by atoms with E-state index in [9.17, 15) is 4.79 Å². The number of carbonyl (C=O) groups excluding carboxylic acids is 1. The molecule has 2 fully saturated rings. The monoisotopic (exact) mass is 427 g/mol. The maximum absolute atomic E-state index is 12.7. The summed E-state index contributed by atoms with van der Waals surface area (Å²) in [5, 5.41) is 7.45. The van der Waals surface area contributed by atoms with Crippen LogP contribution in [0.3, 0.4) is 0 Å². The molecule has 30 heavy (non-hydrogen) atoms. The number of hydrogen-bond acceptors (Lipinski definition) is 5. The van der Waals surface area contributed by atoms with Gasteiger partial charge in [-0.15, -0.1) is 0 Å². The molecule has 2 saturated heterocycles. The van der Waals surface area contributed by atoms with E-state index in [1.165, 1.54) is 6.42 Å². The SMILES string of the molecule is O=C(Cc1cc(-c2cccc(NCC3CCCOC3)c2)c(Cl)cn1)[C@H]1CCCNC1. The lowest BCUT2D eigenvalue weighted by atomic mass is 9.92. The number of nitrogens with zero attached hydrogens (tertiary/aromatic N) is 1. The molecular weight excluding hydrogens is 398 g/mol. The fourth-order valence-electron chi connectivity index (χ4n) is 4.28. The smallest absolute Gasteiger partial charge is 0.143 e. The van der Waals surface area contributed by atoms with Gasteiger partial charge in [0.2, 0.25) is 0 Å². The number of nitrogens with one attached hydrogen (secondary N) is 2. The molecule has 0 bridgehead atoms. The van der Waals surface area contributed by atoms with Gasteiger partial charge in [-0.25, -0.2) is 0 Å². The normalized spacial score (nSPS) is 21.9. The first-order valence-corrected chi connectivity index (χ1v) is 11.4. The summed E-state index contributed by atoms with van der Waals surface area (Å²) >= 11 is 6.47. The number of piperidine rings is 1. The fraction of sp³-hybridized carbons (Fsp3) is 0.500. The lowest BCUT2D eigenvalue weighted by Crippen LogP contribution is -2.35. The lowest BCUT2D eigenvalue weighted by molar-refractivity contribution is -0.122. The van der Waals surface area contributed by atoms with Crippen molar-refractivity contribution in [3.63, 3.8) is 0 Å². The Bertz CT molecular complexity index is 861. The number of ketones is 1. The molecule has 0 aliphatic carbocycles. The van der Waals surface area contributed by atoms with Gasteiger partial charge in [-0.2, -0.15) is 0 Å². The zero-order chi connectivity index (χ0) is 20.8. The van der Waals surface area contributed by atoms with Gasteiger partial charge in [0, 0.05) is 55.2 Å². The number of anilines is 1. The van der Waals surface area contributed by atoms with Crippen LogP contribution in [0.1, 0.15) is 31.4 Å². The van der Waals surface area contributed by atoms with Crippen molar-refractivity contribution >= 4 is 23.1 Å². The van der Waals surface area contributed by atoms with E-state index < -0.39 is 0 Å². The number of carbonyl (C=O) groups is 1. The van der Waals surface area contributed by atoms with Crippen molar-refractivity contribution in [3.8, 4) is 11.1 Å². The van der Waals surface area contributed by atoms with Gasteiger partial charge in [0.15, 0.2) is 0 Å².